The fourth-order valence-corrected chi connectivity index (χ4v) is 3.83. The molecule has 3 aromatic rings. The van der Waals surface area contributed by atoms with Crippen molar-refractivity contribution in [1.82, 2.24) is 9.88 Å². The van der Waals surface area contributed by atoms with Gasteiger partial charge in [0.25, 0.3) is 5.91 Å². The van der Waals surface area contributed by atoms with Gasteiger partial charge < -0.3 is 4.90 Å². The minimum atomic E-state index is -0.360. The second kappa shape index (κ2) is 9.78. The highest BCUT2D eigenvalue weighted by Crippen LogP contribution is 2.31. The van der Waals surface area contributed by atoms with Crippen LogP contribution in [0, 0.1) is 5.82 Å². The Morgan fingerprint density at radius 1 is 1.04 bits per heavy atom. The number of nitrogens with zero attached hydrogens (tertiary/aromatic N) is 3. The number of benzene rings is 2. The van der Waals surface area contributed by atoms with Gasteiger partial charge in [-0.15, -0.1) is 12.4 Å². The zero-order chi connectivity index (χ0) is 18.5. The number of amides is 1. The van der Waals surface area contributed by atoms with E-state index in [9.17, 15) is 9.18 Å². The van der Waals surface area contributed by atoms with Crippen molar-refractivity contribution in [2.24, 2.45) is 0 Å². The topological polar surface area (TPSA) is 36.4 Å². The Hall–Kier alpha value is -2.02. The summed E-state index contributed by atoms with van der Waals surface area (Å²) < 4.78 is 14.8. The van der Waals surface area contributed by atoms with Crippen LogP contribution in [0.15, 0.2) is 48.5 Å². The zero-order valence-corrected chi connectivity index (χ0v) is 17.0. The third-order valence-corrected chi connectivity index (χ3v) is 5.43. The number of fused-ring (bicyclic) bond motifs is 1. The van der Waals surface area contributed by atoms with Crippen molar-refractivity contribution in [2.45, 2.75) is 13.8 Å². The lowest BCUT2D eigenvalue weighted by Crippen LogP contribution is -2.38. The quantitative estimate of drug-likeness (QED) is 0.562. The molecule has 0 bridgehead atoms. The Labute approximate surface area is 169 Å². The lowest BCUT2D eigenvalue weighted by Gasteiger charge is -2.24. The molecule has 0 N–H and O–H groups in total. The smallest absolute Gasteiger partial charge is 0.260 e. The molecule has 0 saturated carbocycles. The van der Waals surface area contributed by atoms with E-state index in [1.165, 1.54) is 17.4 Å². The van der Waals surface area contributed by atoms with Crippen LogP contribution in [0.25, 0.3) is 10.2 Å². The number of carbonyl (C=O) groups is 1. The highest BCUT2D eigenvalue weighted by atomic mass is 35.5. The first kappa shape index (κ1) is 21.3. The van der Waals surface area contributed by atoms with Crippen molar-refractivity contribution in [1.29, 1.82) is 0 Å². The Bertz CT molecular complexity index is 883. The van der Waals surface area contributed by atoms with Gasteiger partial charge in [-0.25, -0.2) is 9.37 Å². The number of hydrogen-bond donors (Lipinski definition) is 0. The van der Waals surface area contributed by atoms with Crippen LogP contribution in [0.3, 0.4) is 0 Å². The van der Waals surface area contributed by atoms with Gasteiger partial charge in [-0.05, 0) is 37.4 Å². The molecular weight excluding hydrogens is 385 g/mol. The SMILES string of the molecule is CCN(CC)CCN(C(=O)c1ccccc1)c1nc2c(F)cccc2s1.Cl. The molecule has 27 heavy (non-hydrogen) atoms. The first-order valence-electron chi connectivity index (χ1n) is 8.78. The van der Waals surface area contributed by atoms with Crippen molar-refractivity contribution in [3.8, 4) is 0 Å². The molecule has 7 heteroatoms. The fraction of sp³-hybridized carbons (Fsp3) is 0.300. The molecular formula is C20H23ClFN3OS. The number of aromatic nitrogens is 1. The summed E-state index contributed by atoms with van der Waals surface area (Å²) in [5.74, 6) is -0.474. The van der Waals surface area contributed by atoms with E-state index in [2.05, 4.69) is 23.7 Å². The van der Waals surface area contributed by atoms with Crippen LogP contribution in [-0.4, -0.2) is 42.0 Å². The highest BCUT2D eigenvalue weighted by molar-refractivity contribution is 7.22. The van der Waals surface area contributed by atoms with Gasteiger partial charge in [0.2, 0.25) is 0 Å². The Morgan fingerprint density at radius 2 is 1.74 bits per heavy atom. The molecule has 0 aliphatic heterocycles. The molecule has 0 saturated heterocycles. The molecule has 0 aliphatic carbocycles. The Balaban J connectivity index is 0.00000261. The number of anilines is 1. The summed E-state index contributed by atoms with van der Waals surface area (Å²) in [6, 6.07) is 14.0. The van der Waals surface area contributed by atoms with Crippen LogP contribution in [0.1, 0.15) is 24.2 Å². The van der Waals surface area contributed by atoms with Crippen LogP contribution < -0.4 is 4.90 Å². The molecule has 0 spiro atoms. The van der Waals surface area contributed by atoms with Gasteiger partial charge in [-0.1, -0.05) is 49.4 Å². The summed E-state index contributed by atoms with van der Waals surface area (Å²) in [6.07, 6.45) is 0. The summed E-state index contributed by atoms with van der Waals surface area (Å²) in [5.41, 5.74) is 0.924. The molecule has 4 nitrogen and oxygen atoms in total. The predicted molar refractivity (Wildman–Crippen MR) is 113 cm³/mol. The van der Waals surface area contributed by atoms with Gasteiger partial charge in [0.05, 0.1) is 4.70 Å². The first-order valence-corrected chi connectivity index (χ1v) is 9.60. The minimum absolute atomic E-state index is 0. The lowest BCUT2D eigenvalue weighted by molar-refractivity contribution is 0.0984. The van der Waals surface area contributed by atoms with Crippen LogP contribution in [-0.2, 0) is 0 Å². The van der Waals surface area contributed by atoms with E-state index < -0.39 is 0 Å². The molecule has 1 aromatic heterocycles. The van der Waals surface area contributed by atoms with Crippen molar-refractivity contribution in [3.63, 3.8) is 0 Å². The molecule has 0 fully saturated rings. The Kier molecular flexibility index (Phi) is 7.71. The normalized spacial score (nSPS) is 10.8. The average molecular weight is 408 g/mol. The van der Waals surface area contributed by atoms with Gasteiger partial charge in [0, 0.05) is 18.7 Å². The van der Waals surface area contributed by atoms with Gasteiger partial charge in [0.1, 0.15) is 11.3 Å². The maximum absolute atomic E-state index is 14.0. The lowest BCUT2D eigenvalue weighted by atomic mass is 10.2. The van der Waals surface area contributed by atoms with E-state index in [0.29, 0.717) is 22.8 Å². The third kappa shape index (κ3) is 4.83. The second-order valence-corrected chi connectivity index (χ2v) is 6.94. The largest absolute Gasteiger partial charge is 0.302 e. The average Bonchev–Trinajstić information content (AvgIpc) is 3.11. The third-order valence-electron chi connectivity index (χ3n) is 4.39. The summed E-state index contributed by atoms with van der Waals surface area (Å²) in [5, 5.41) is 0.533. The molecule has 1 heterocycles. The molecule has 0 unspecified atom stereocenters. The van der Waals surface area contributed by atoms with E-state index in [0.717, 1.165) is 24.3 Å². The van der Waals surface area contributed by atoms with E-state index in [1.54, 1.807) is 23.1 Å². The van der Waals surface area contributed by atoms with Gasteiger partial charge >= 0.3 is 0 Å². The summed E-state index contributed by atoms with van der Waals surface area (Å²) in [4.78, 5) is 21.4. The first-order chi connectivity index (χ1) is 12.6. The Morgan fingerprint density at radius 3 is 2.37 bits per heavy atom. The maximum Gasteiger partial charge on any atom is 0.260 e. The van der Waals surface area contributed by atoms with Gasteiger partial charge in [0.15, 0.2) is 5.13 Å². The van der Waals surface area contributed by atoms with E-state index in [1.807, 2.05) is 24.3 Å². The number of likely N-dealkylation sites (N-methyl/N-ethyl adjacent to an activating group) is 1. The number of carbonyl (C=O) groups excluding carboxylic acids is 1. The van der Waals surface area contributed by atoms with Crippen molar-refractivity contribution < 1.29 is 9.18 Å². The molecule has 0 atom stereocenters. The predicted octanol–water partition coefficient (Wildman–Crippen LogP) is 4.85. The van der Waals surface area contributed by atoms with Crippen LogP contribution in [0.5, 0.6) is 0 Å². The van der Waals surface area contributed by atoms with Crippen LogP contribution >= 0.6 is 23.7 Å². The zero-order valence-electron chi connectivity index (χ0n) is 15.4. The van der Waals surface area contributed by atoms with Crippen molar-refractivity contribution in [3.05, 3.63) is 59.9 Å². The number of halogens is 2. The standard InChI is InChI=1S/C20H22FN3OS.ClH/c1-3-23(4-2)13-14-24(19(25)15-9-6-5-7-10-15)20-22-18-16(21)11-8-12-17(18)26-20;/h5-12H,3-4,13-14H2,1-2H3;1H. The molecule has 0 radical (unpaired) electrons. The van der Waals surface area contributed by atoms with E-state index in [-0.39, 0.29) is 24.1 Å². The monoisotopic (exact) mass is 407 g/mol. The maximum atomic E-state index is 14.0. The molecule has 1 amide bonds. The van der Waals surface area contributed by atoms with E-state index in [4.69, 9.17) is 0 Å². The highest BCUT2D eigenvalue weighted by Gasteiger charge is 2.22. The van der Waals surface area contributed by atoms with Crippen LogP contribution in [0.2, 0.25) is 0 Å². The second-order valence-electron chi connectivity index (χ2n) is 5.93. The summed E-state index contributed by atoms with van der Waals surface area (Å²) in [6.45, 7) is 7.28. The number of rotatable bonds is 7. The molecule has 3 rings (SSSR count). The van der Waals surface area contributed by atoms with Crippen LogP contribution in [0.4, 0.5) is 9.52 Å². The van der Waals surface area contributed by atoms with Gasteiger partial charge in [-0.2, -0.15) is 0 Å². The fourth-order valence-electron chi connectivity index (χ4n) is 2.82. The number of hydrogen-bond acceptors (Lipinski definition) is 4. The van der Waals surface area contributed by atoms with Crippen molar-refractivity contribution in [2.75, 3.05) is 31.1 Å². The summed E-state index contributed by atoms with van der Waals surface area (Å²) >= 11 is 1.34. The van der Waals surface area contributed by atoms with E-state index >= 15 is 0 Å². The number of thiazole rings is 1. The van der Waals surface area contributed by atoms with Gasteiger partial charge in [-0.3, -0.25) is 9.69 Å². The summed E-state index contributed by atoms with van der Waals surface area (Å²) in [7, 11) is 0. The minimum Gasteiger partial charge on any atom is -0.302 e. The molecule has 0 aliphatic rings. The van der Waals surface area contributed by atoms with Crippen molar-refractivity contribution >= 4 is 45.0 Å². The number of para-hydroxylation sites is 1. The molecule has 2 aromatic carbocycles. The molecule has 144 valence electrons.